The first-order valence-electron chi connectivity index (χ1n) is 6.62. The normalized spacial score (nSPS) is 14.9. The maximum absolute atomic E-state index is 10.5. The number of benzene rings is 1. The molecule has 0 radical (unpaired) electrons. The topological polar surface area (TPSA) is 70.5 Å². The second-order valence-electron chi connectivity index (χ2n) is 5.11. The van der Waals surface area contributed by atoms with Crippen molar-refractivity contribution in [2.75, 3.05) is 13.6 Å². The number of halogens is 1. The highest BCUT2D eigenvalue weighted by Crippen LogP contribution is 2.27. The third kappa shape index (κ3) is 4.85. The maximum Gasteiger partial charge on any atom is 0.294 e. The van der Waals surface area contributed by atoms with Gasteiger partial charge >= 0.3 is 0 Å². The molecule has 1 N–H and O–H groups in total. The molecule has 2 aromatic rings. The van der Waals surface area contributed by atoms with Gasteiger partial charge in [-0.2, -0.15) is 8.42 Å². The fourth-order valence-corrected chi connectivity index (χ4v) is 4.19. The van der Waals surface area contributed by atoms with E-state index >= 15 is 0 Å². The summed E-state index contributed by atoms with van der Waals surface area (Å²) in [5.74, 6) is 0. The Labute approximate surface area is 142 Å². The zero-order chi connectivity index (χ0) is 16.3. The largest absolute Gasteiger partial charge is 0.301 e. The molecule has 22 heavy (non-hydrogen) atoms. The molecular formula is C14H17BrN2O3S2. The van der Waals surface area contributed by atoms with Gasteiger partial charge in [0, 0.05) is 24.4 Å². The molecule has 120 valence electrons. The summed E-state index contributed by atoms with van der Waals surface area (Å²) in [7, 11) is -1.87. The first kappa shape index (κ1) is 17.6. The summed E-state index contributed by atoms with van der Waals surface area (Å²) in [5, 5.41) is 0. The lowest BCUT2D eigenvalue weighted by atomic mass is 10.2. The van der Waals surface area contributed by atoms with E-state index in [-0.39, 0.29) is 4.90 Å². The molecule has 0 unspecified atom stereocenters. The molecule has 0 saturated heterocycles. The van der Waals surface area contributed by atoms with Gasteiger partial charge in [0.05, 0.1) is 10.6 Å². The van der Waals surface area contributed by atoms with Crippen LogP contribution in [0.2, 0.25) is 0 Å². The molecule has 0 spiro atoms. The SMILES string of the molecule is CN1CCc2nc(Br)sc2C1.Cc1ccc(S(=O)(=O)O)cc1. The Kier molecular flexibility index (Phi) is 5.73. The lowest BCUT2D eigenvalue weighted by Gasteiger charge is -2.20. The molecule has 1 aromatic heterocycles. The Morgan fingerprint density at radius 2 is 1.95 bits per heavy atom. The van der Waals surface area contributed by atoms with Gasteiger partial charge in [0.1, 0.15) is 0 Å². The highest BCUT2D eigenvalue weighted by atomic mass is 79.9. The number of rotatable bonds is 1. The minimum Gasteiger partial charge on any atom is -0.301 e. The fourth-order valence-electron chi connectivity index (χ4n) is 2.00. The van der Waals surface area contributed by atoms with Gasteiger partial charge in [0.15, 0.2) is 3.92 Å². The molecular weight excluding hydrogens is 388 g/mol. The summed E-state index contributed by atoms with van der Waals surface area (Å²) < 4.78 is 30.6. The average Bonchev–Trinajstić information content (AvgIpc) is 2.78. The highest BCUT2D eigenvalue weighted by molar-refractivity contribution is 9.11. The molecule has 0 aliphatic carbocycles. The Hall–Kier alpha value is -0.800. The minimum atomic E-state index is -4.02. The predicted molar refractivity (Wildman–Crippen MR) is 90.8 cm³/mol. The van der Waals surface area contributed by atoms with Crippen molar-refractivity contribution in [2.45, 2.75) is 24.8 Å². The van der Waals surface area contributed by atoms with Crippen molar-refractivity contribution in [2.24, 2.45) is 0 Å². The van der Waals surface area contributed by atoms with Crippen LogP contribution < -0.4 is 0 Å². The van der Waals surface area contributed by atoms with E-state index in [0.29, 0.717) is 0 Å². The molecule has 1 aromatic carbocycles. The van der Waals surface area contributed by atoms with Gasteiger partial charge in [-0.15, -0.1) is 11.3 Å². The van der Waals surface area contributed by atoms with Crippen molar-refractivity contribution in [3.8, 4) is 0 Å². The standard InChI is InChI=1S/C7H9BrN2S.C7H8O3S/c1-10-3-2-5-6(4-10)11-7(8)9-5;1-6-2-4-7(5-3-6)11(8,9)10/h2-4H2,1H3;2-5H,1H3,(H,8,9,10). The summed E-state index contributed by atoms with van der Waals surface area (Å²) in [4.78, 5) is 8.08. The summed E-state index contributed by atoms with van der Waals surface area (Å²) >= 11 is 5.16. The van der Waals surface area contributed by atoms with E-state index in [0.717, 1.165) is 29.0 Å². The summed E-state index contributed by atoms with van der Waals surface area (Å²) in [6.07, 6.45) is 1.11. The molecule has 5 nitrogen and oxygen atoms in total. The number of likely N-dealkylation sites (N-methyl/N-ethyl adjacent to an activating group) is 1. The number of fused-ring (bicyclic) bond motifs is 1. The van der Waals surface area contributed by atoms with Gasteiger partial charge in [0.2, 0.25) is 0 Å². The Morgan fingerprint density at radius 3 is 2.55 bits per heavy atom. The van der Waals surface area contributed by atoms with Crippen LogP contribution in [-0.4, -0.2) is 36.4 Å². The summed E-state index contributed by atoms with van der Waals surface area (Å²) in [5.41, 5.74) is 2.25. The maximum atomic E-state index is 10.5. The quantitative estimate of drug-likeness (QED) is 0.739. The number of aromatic nitrogens is 1. The van der Waals surface area contributed by atoms with Gasteiger partial charge in [0.25, 0.3) is 10.1 Å². The molecule has 3 rings (SSSR count). The second-order valence-corrected chi connectivity index (χ2v) is 8.89. The van der Waals surface area contributed by atoms with E-state index in [1.165, 1.54) is 22.7 Å². The number of aryl methyl sites for hydroxylation is 1. The zero-order valence-electron chi connectivity index (χ0n) is 12.3. The molecule has 0 bridgehead atoms. The van der Waals surface area contributed by atoms with Gasteiger partial charge < -0.3 is 4.90 Å². The Balaban J connectivity index is 0.000000160. The highest BCUT2D eigenvalue weighted by Gasteiger charge is 2.16. The van der Waals surface area contributed by atoms with Crippen LogP contribution in [0.1, 0.15) is 16.1 Å². The summed E-state index contributed by atoms with van der Waals surface area (Å²) in [6, 6.07) is 5.99. The smallest absolute Gasteiger partial charge is 0.294 e. The molecule has 0 amide bonds. The van der Waals surface area contributed by atoms with E-state index in [9.17, 15) is 8.42 Å². The Morgan fingerprint density at radius 1 is 1.32 bits per heavy atom. The van der Waals surface area contributed by atoms with Crippen LogP contribution in [0.15, 0.2) is 33.1 Å². The van der Waals surface area contributed by atoms with Crippen molar-refractivity contribution in [1.29, 1.82) is 0 Å². The van der Waals surface area contributed by atoms with Crippen LogP contribution in [-0.2, 0) is 23.1 Å². The predicted octanol–water partition coefficient (Wildman–Crippen LogP) is 3.14. The van der Waals surface area contributed by atoms with Crippen LogP contribution in [0.3, 0.4) is 0 Å². The van der Waals surface area contributed by atoms with Crippen molar-refractivity contribution in [3.63, 3.8) is 0 Å². The van der Waals surface area contributed by atoms with E-state index in [1.54, 1.807) is 23.5 Å². The first-order chi connectivity index (χ1) is 10.3. The van der Waals surface area contributed by atoms with Crippen LogP contribution in [0.5, 0.6) is 0 Å². The van der Waals surface area contributed by atoms with E-state index in [1.807, 2.05) is 6.92 Å². The molecule has 8 heteroatoms. The molecule has 1 aliphatic heterocycles. The third-order valence-electron chi connectivity index (χ3n) is 3.21. The minimum absolute atomic E-state index is 0.0666. The Bertz CT molecular complexity index is 742. The average molecular weight is 405 g/mol. The van der Waals surface area contributed by atoms with Crippen LogP contribution >= 0.6 is 27.3 Å². The number of hydrogen-bond acceptors (Lipinski definition) is 5. The molecule has 0 saturated carbocycles. The van der Waals surface area contributed by atoms with Crippen molar-refractivity contribution >= 4 is 37.4 Å². The molecule has 0 fully saturated rings. The third-order valence-corrected chi connectivity index (χ3v) is 5.62. The summed E-state index contributed by atoms with van der Waals surface area (Å²) in [6.45, 7) is 4.05. The van der Waals surface area contributed by atoms with E-state index in [2.05, 4.69) is 32.9 Å². The van der Waals surface area contributed by atoms with E-state index < -0.39 is 10.1 Å². The number of hydrogen-bond donors (Lipinski definition) is 1. The monoisotopic (exact) mass is 404 g/mol. The lowest BCUT2D eigenvalue weighted by Crippen LogP contribution is -2.25. The molecule has 2 heterocycles. The van der Waals surface area contributed by atoms with E-state index in [4.69, 9.17) is 4.55 Å². The number of thiazole rings is 1. The second kappa shape index (κ2) is 7.18. The van der Waals surface area contributed by atoms with Crippen molar-refractivity contribution < 1.29 is 13.0 Å². The van der Waals surface area contributed by atoms with Crippen molar-refractivity contribution in [3.05, 3.63) is 44.3 Å². The van der Waals surface area contributed by atoms with Crippen LogP contribution in [0, 0.1) is 6.92 Å². The molecule has 1 aliphatic rings. The van der Waals surface area contributed by atoms with Crippen LogP contribution in [0.25, 0.3) is 0 Å². The van der Waals surface area contributed by atoms with Crippen molar-refractivity contribution in [1.82, 2.24) is 9.88 Å². The fraction of sp³-hybridized carbons (Fsp3) is 0.357. The van der Waals surface area contributed by atoms with Crippen LogP contribution in [0.4, 0.5) is 0 Å². The molecule has 0 atom stereocenters. The zero-order valence-corrected chi connectivity index (χ0v) is 15.5. The van der Waals surface area contributed by atoms with Gasteiger partial charge in [-0.3, -0.25) is 4.55 Å². The van der Waals surface area contributed by atoms with Gasteiger partial charge in [-0.05, 0) is 42.0 Å². The number of nitrogens with zero attached hydrogens (tertiary/aromatic N) is 2. The van der Waals surface area contributed by atoms with Gasteiger partial charge in [-0.1, -0.05) is 17.7 Å². The first-order valence-corrected chi connectivity index (χ1v) is 9.67. The van der Waals surface area contributed by atoms with Gasteiger partial charge in [-0.25, -0.2) is 4.98 Å². The lowest BCUT2D eigenvalue weighted by molar-refractivity contribution is 0.314.